The molecule has 0 saturated heterocycles. The minimum Gasteiger partial charge on any atom is -0.388 e. The summed E-state index contributed by atoms with van der Waals surface area (Å²) in [5.41, 5.74) is 1.82. The van der Waals surface area contributed by atoms with E-state index in [-0.39, 0.29) is 35.1 Å². The van der Waals surface area contributed by atoms with Crippen LogP contribution in [0.4, 0.5) is 0 Å². The maximum absolute atomic E-state index is 13.6. The Morgan fingerprint density at radius 2 is 0.896 bits per heavy atom. The summed E-state index contributed by atoms with van der Waals surface area (Å²) in [5, 5.41) is 29.9. The third-order valence-electron chi connectivity index (χ3n) is 8.37. The summed E-state index contributed by atoms with van der Waals surface area (Å²) in [4.78, 5) is 58.6. The van der Waals surface area contributed by atoms with E-state index in [0.29, 0.717) is 21.8 Å². The van der Waals surface area contributed by atoms with Crippen molar-refractivity contribution in [2.45, 2.75) is 37.1 Å². The van der Waals surface area contributed by atoms with Gasteiger partial charge in [-0.3, -0.25) is 19.2 Å². The normalized spacial score (nSPS) is 13.8. The lowest BCUT2D eigenvalue weighted by Crippen LogP contribution is -2.57. The van der Waals surface area contributed by atoms with Crippen molar-refractivity contribution in [1.82, 2.24) is 20.6 Å². The van der Waals surface area contributed by atoms with Crippen LogP contribution in [0.1, 0.15) is 32.1 Å². The zero-order valence-corrected chi connectivity index (χ0v) is 25.8. The molecule has 4 atom stereocenters. The molecule has 6 rings (SSSR count). The molecule has 2 amide bonds. The van der Waals surface area contributed by atoms with Crippen LogP contribution in [0.2, 0.25) is 0 Å². The van der Waals surface area contributed by atoms with Gasteiger partial charge in [0.15, 0.2) is 10.9 Å². The van der Waals surface area contributed by atoms with Crippen LogP contribution in [0.3, 0.4) is 0 Å². The molecule has 6 N–H and O–H groups in total. The largest absolute Gasteiger partial charge is 0.388 e. The molecule has 0 aliphatic carbocycles. The predicted octanol–water partition coefficient (Wildman–Crippen LogP) is 3.47. The predicted molar refractivity (Wildman–Crippen MR) is 184 cm³/mol. The summed E-state index contributed by atoms with van der Waals surface area (Å²) in [6.45, 7) is 0. The van der Waals surface area contributed by atoms with Gasteiger partial charge in [-0.15, -0.1) is 0 Å². The average molecular weight is 643 g/mol. The van der Waals surface area contributed by atoms with Crippen molar-refractivity contribution in [2.75, 3.05) is 0 Å². The second kappa shape index (κ2) is 14.3. The number of para-hydroxylation sites is 2. The SMILES string of the molecule is O=C(N[C@@H](Cc1ccccc1)[C@H](O)[C@H](O)[C@@H](Cc1ccccc1)NC(=O)c1cc(=O)c2ccccc2[nH]1)c1cc(=O)c2ccccc2[nH]1. The van der Waals surface area contributed by atoms with E-state index in [1.165, 1.54) is 12.1 Å². The van der Waals surface area contributed by atoms with Crippen molar-refractivity contribution in [3.8, 4) is 0 Å². The molecule has 0 unspecified atom stereocenters. The first-order valence-electron chi connectivity index (χ1n) is 15.6. The standard InChI is InChI=1S/C38H34N4O6/c43-33-21-31(39-27-17-9-7-15-25(27)33)37(47)41-29(19-23-11-3-1-4-12-23)35(45)36(46)30(20-24-13-5-2-6-14-24)42-38(48)32-22-34(44)26-16-8-10-18-28(26)40-32/h1-18,21-22,29-30,35-36,45-46H,19-20H2,(H,39,43)(H,40,44)(H,41,47)(H,42,48)/t29-,30+,35-,36+. The lowest BCUT2D eigenvalue weighted by Gasteiger charge is -2.33. The summed E-state index contributed by atoms with van der Waals surface area (Å²) in [6.07, 6.45) is -2.89. The lowest BCUT2D eigenvalue weighted by molar-refractivity contribution is -0.0220. The molecule has 10 heteroatoms. The lowest BCUT2D eigenvalue weighted by atomic mass is 9.91. The molecule has 2 aromatic heterocycles. The van der Waals surface area contributed by atoms with E-state index < -0.39 is 36.1 Å². The highest BCUT2D eigenvalue weighted by atomic mass is 16.3. The highest BCUT2D eigenvalue weighted by molar-refractivity contribution is 5.96. The summed E-state index contributed by atoms with van der Waals surface area (Å²) in [7, 11) is 0. The molecule has 2 heterocycles. The Kier molecular flexibility index (Phi) is 9.56. The van der Waals surface area contributed by atoms with Gasteiger partial charge in [0.1, 0.15) is 23.6 Å². The highest BCUT2D eigenvalue weighted by Gasteiger charge is 2.35. The fourth-order valence-corrected chi connectivity index (χ4v) is 5.86. The zero-order valence-electron chi connectivity index (χ0n) is 25.8. The average Bonchev–Trinajstić information content (AvgIpc) is 3.11. The molecule has 4 aromatic carbocycles. The van der Waals surface area contributed by atoms with Crippen LogP contribution >= 0.6 is 0 Å². The van der Waals surface area contributed by atoms with E-state index in [2.05, 4.69) is 20.6 Å². The number of nitrogens with one attached hydrogen (secondary N) is 4. The number of aliphatic hydroxyl groups excluding tert-OH is 2. The van der Waals surface area contributed by atoms with Gasteiger partial charge in [0.2, 0.25) is 0 Å². The third-order valence-corrected chi connectivity index (χ3v) is 8.37. The monoisotopic (exact) mass is 642 g/mol. The summed E-state index contributed by atoms with van der Waals surface area (Å²) in [6, 6.07) is 32.2. The molecule has 0 fully saturated rings. The van der Waals surface area contributed by atoms with Gasteiger partial charge in [-0.2, -0.15) is 0 Å². The van der Waals surface area contributed by atoms with Gasteiger partial charge in [-0.25, -0.2) is 0 Å². The van der Waals surface area contributed by atoms with E-state index in [4.69, 9.17) is 0 Å². The number of pyridine rings is 2. The van der Waals surface area contributed by atoms with E-state index in [9.17, 15) is 29.4 Å². The molecular weight excluding hydrogens is 608 g/mol. The van der Waals surface area contributed by atoms with Gasteiger partial charge in [0.05, 0.1) is 12.1 Å². The van der Waals surface area contributed by atoms with E-state index in [1.807, 2.05) is 60.7 Å². The summed E-state index contributed by atoms with van der Waals surface area (Å²) in [5.74, 6) is -1.30. The number of hydrogen-bond donors (Lipinski definition) is 6. The van der Waals surface area contributed by atoms with Gasteiger partial charge < -0.3 is 30.8 Å². The van der Waals surface area contributed by atoms with Crippen molar-refractivity contribution in [2.24, 2.45) is 0 Å². The molecule has 0 bridgehead atoms. The molecule has 6 aromatic rings. The van der Waals surface area contributed by atoms with Crippen molar-refractivity contribution in [3.63, 3.8) is 0 Å². The van der Waals surface area contributed by atoms with E-state index >= 15 is 0 Å². The first kappa shape index (κ1) is 32.1. The first-order valence-corrected chi connectivity index (χ1v) is 15.6. The number of fused-ring (bicyclic) bond motifs is 2. The minimum absolute atomic E-state index is 0.00662. The molecule has 10 nitrogen and oxygen atoms in total. The maximum Gasteiger partial charge on any atom is 0.268 e. The number of rotatable bonds is 11. The zero-order chi connectivity index (χ0) is 33.6. The Morgan fingerprint density at radius 3 is 1.29 bits per heavy atom. The topological polar surface area (TPSA) is 164 Å². The van der Waals surface area contributed by atoms with Gasteiger partial charge in [-0.05, 0) is 48.2 Å². The molecule has 242 valence electrons. The number of hydrogen-bond acceptors (Lipinski definition) is 6. The molecule has 48 heavy (non-hydrogen) atoms. The number of aromatic nitrogens is 2. The van der Waals surface area contributed by atoms with E-state index in [1.54, 1.807) is 48.5 Å². The van der Waals surface area contributed by atoms with Gasteiger partial charge in [-0.1, -0.05) is 84.9 Å². The fourth-order valence-electron chi connectivity index (χ4n) is 5.86. The molecule has 0 aliphatic heterocycles. The van der Waals surface area contributed by atoms with Gasteiger partial charge in [0.25, 0.3) is 11.8 Å². The second-order valence-corrected chi connectivity index (χ2v) is 11.7. The minimum atomic E-state index is -1.58. The van der Waals surface area contributed by atoms with E-state index in [0.717, 1.165) is 11.1 Å². The summed E-state index contributed by atoms with van der Waals surface area (Å²) < 4.78 is 0. The molecule has 0 saturated carbocycles. The van der Waals surface area contributed by atoms with Crippen LogP contribution < -0.4 is 21.5 Å². The molecule has 0 spiro atoms. The fraction of sp³-hybridized carbons (Fsp3) is 0.158. The maximum atomic E-state index is 13.6. The van der Waals surface area contributed by atoms with Crippen LogP contribution in [0.25, 0.3) is 21.8 Å². The number of H-pyrrole nitrogens is 2. The Hall–Kier alpha value is -5.84. The molecule has 0 aliphatic rings. The Balaban J connectivity index is 1.30. The van der Waals surface area contributed by atoms with Crippen molar-refractivity contribution in [1.29, 1.82) is 0 Å². The second-order valence-electron chi connectivity index (χ2n) is 11.7. The molecular formula is C38H34N4O6. The van der Waals surface area contributed by atoms with Crippen LogP contribution in [0.15, 0.2) is 131 Å². The number of amides is 2. The highest BCUT2D eigenvalue weighted by Crippen LogP contribution is 2.17. The quantitative estimate of drug-likeness (QED) is 0.127. The summed E-state index contributed by atoms with van der Waals surface area (Å²) >= 11 is 0. The Bertz CT molecular complexity index is 2020. The number of carbonyl (C=O) groups excluding carboxylic acids is 2. The number of benzene rings is 4. The third kappa shape index (κ3) is 7.25. The van der Waals surface area contributed by atoms with Gasteiger partial charge in [0, 0.05) is 33.9 Å². The van der Waals surface area contributed by atoms with Crippen LogP contribution in [-0.4, -0.2) is 56.3 Å². The first-order chi connectivity index (χ1) is 23.3. The Morgan fingerprint density at radius 1 is 0.542 bits per heavy atom. The van der Waals surface area contributed by atoms with Crippen molar-refractivity contribution >= 4 is 33.6 Å². The Labute approximate surface area is 275 Å². The number of carbonyl (C=O) groups is 2. The van der Waals surface area contributed by atoms with Crippen LogP contribution in [-0.2, 0) is 12.8 Å². The van der Waals surface area contributed by atoms with Crippen LogP contribution in [0.5, 0.6) is 0 Å². The van der Waals surface area contributed by atoms with Crippen molar-refractivity contribution < 1.29 is 19.8 Å². The van der Waals surface area contributed by atoms with Crippen LogP contribution in [0, 0.1) is 0 Å². The number of aliphatic hydroxyl groups is 2. The molecule has 0 radical (unpaired) electrons. The number of aromatic amines is 2. The van der Waals surface area contributed by atoms with Gasteiger partial charge >= 0.3 is 0 Å². The van der Waals surface area contributed by atoms with Crippen molar-refractivity contribution in [3.05, 3.63) is 164 Å². The smallest absolute Gasteiger partial charge is 0.268 e.